The van der Waals surface area contributed by atoms with E-state index in [0.29, 0.717) is 45.1 Å². The maximum absolute atomic E-state index is 13.5. The number of nitrogens with zero attached hydrogens (tertiary/aromatic N) is 2. The van der Waals surface area contributed by atoms with Gasteiger partial charge < -0.3 is 24.3 Å². The minimum absolute atomic E-state index is 0.137. The van der Waals surface area contributed by atoms with Gasteiger partial charge in [-0.15, -0.1) is 0 Å². The first-order valence-electron chi connectivity index (χ1n) is 11.2. The first kappa shape index (κ1) is 24.0. The number of aromatic nitrogens is 1. The summed E-state index contributed by atoms with van der Waals surface area (Å²) >= 11 is 0. The Balaban J connectivity index is 1.90. The second-order valence-electron chi connectivity index (χ2n) is 7.93. The molecule has 8 heteroatoms. The summed E-state index contributed by atoms with van der Waals surface area (Å²) in [6.07, 6.45) is 2.43. The van der Waals surface area contributed by atoms with Gasteiger partial charge in [-0.1, -0.05) is 19.1 Å². The SMILES string of the molecule is CCc1cccc(N=c2oc3c(C)ncc(CO)c3cc2C(=O)Nc2cc(OC)cc(OC)c2)c1. The number of benzene rings is 2. The summed E-state index contributed by atoms with van der Waals surface area (Å²) in [6, 6.07) is 14.5. The standard InChI is InChI=1S/C27H27N3O5/c1-5-17-7-6-8-19(9-17)30-27-24(13-23-18(15-31)14-28-16(2)25(23)35-27)26(32)29-20-10-21(33-3)12-22(11-20)34-4/h6-14,31H,5,15H2,1-4H3,(H,29,32). The van der Waals surface area contributed by atoms with Crippen molar-refractivity contribution in [2.45, 2.75) is 26.9 Å². The number of amides is 1. The molecule has 0 unspecified atom stereocenters. The van der Waals surface area contributed by atoms with Crippen LogP contribution >= 0.6 is 0 Å². The van der Waals surface area contributed by atoms with Gasteiger partial charge in [-0.05, 0) is 37.1 Å². The molecule has 1 amide bonds. The number of aliphatic hydroxyl groups is 1. The summed E-state index contributed by atoms with van der Waals surface area (Å²) in [7, 11) is 3.08. The van der Waals surface area contributed by atoms with E-state index in [9.17, 15) is 9.90 Å². The molecule has 0 aliphatic heterocycles. The van der Waals surface area contributed by atoms with Crippen molar-refractivity contribution in [3.63, 3.8) is 0 Å². The van der Waals surface area contributed by atoms with Crippen molar-refractivity contribution in [1.29, 1.82) is 0 Å². The van der Waals surface area contributed by atoms with Crippen LogP contribution in [0.2, 0.25) is 0 Å². The van der Waals surface area contributed by atoms with E-state index >= 15 is 0 Å². The highest BCUT2D eigenvalue weighted by molar-refractivity contribution is 6.06. The van der Waals surface area contributed by atoms with Gasteiger partial charge in [-0.3, -0.25) is 9.78 Å². The summed E-state index contributed by atoms with van der Waals surface area (Å²) in [5.74, 6) is 0.636. The molecule has 0 spiro atoms. The second-order valence-corrected chi connectivity index (χ2v) is 7.93. The molecule has 2 aromatic carbocycles. The number of pyridine rings is 1. The summed E-state index contributed by atoms with van der Waals surface area (Å²) in [4.78, 5) is 22.5. The van der Waals surface area contributed by atoms with Crippen LogP contribution in [-0.4, -0.2) is 30.2 Å². The third-order valence-corrected chi connectivity index (χ3v) is 5.62. The first-order valence-corrected chi connectivity index (χ1v) is 11.2. The van der Waals surface area contributed by atoms with Gasteiger partial charge in [0.15, 0.2) is 5.58 Å². The number of aryl methyl sites for hydroxylation is 2. The molecular formula is C27H27N3O5. The third kappa shape index (κ3) is 5.17. The number of carbonyl (C=O) groups is 1. The molecular weight excluding hydrogens is 446 g/mol. The topological polar surface area (TPSA) is 106 Å². The molecule has 0 fully saturated rings. The van der Waals surface area contributed by atoms with Crippen LogP contribution in [-0.2, 0) is 13.0 Å². The number of hydrogen-bond donors (Lipinski definition) is 2. The Morgan fingerprint density at radius 3 is 2.51 bits per heavy atom. The van der Waals surface area contributed by atoms with Crippen molar-refractivity contribution in [3.8, 4) is 11.5 Å². The minimum Gasteiger partial charge on any atom is -0.497 e. The van der Waals surface area contributed by atoms with Crippen molar-refractivity contribution in [2.75, 3.05) is 19.5 Å². The highest BCUT2D eigenvalue weighted by Crippen LogP contribution is 2.27. The zero-order valence-corrected chi connectivity index (χ0v) is 20.1. The average molecular weight is 474 g/mol. The number of hydrogen-bond acceptors (Lipinski definition) is 7. The Morgan fingerprint density at radius 1 is 1.11 bits per heavy atom. The summed E-state index contributed by atoms with van der Waals surface area (Å²) in [5.41, 5.74) is 4.24. The Labute approximate surface area is 202 Å². The lowest BCUT2D eigenvalue weighted by Crippen LogP contribution is -2.22. The van der Waals surface area contributed by atoms with Crippen molar-refractivity contribution >= 4 is 28.3 Å². The molecule has 0 aliphatic rings. The second kappa shape index (κ2) is 10.4. The fourth-order valence-corrected chi connectivity index (χ4v) is 3.70. The van der Waals surface area contributed by atoms with Crippen LogP contribution in [0.25, 0.3) is 11.0 Å². The predicted molar refractivity (Wildman–Crippen MR) is 133 cm³/mol. The maximum atomic E-state index is 13.5. The van der Waals surface area contributed by atoms with E-state index in [0.717, 1.165) is 12.0 Å². The van der Waals surface area contributed by atoms with Gasteiger partial charge in [-0.25, -0.2) is 4.99 Å². The molecule has 35 heavy (non-hydrogen) atoms. The Hall–Kier alpha value is -4.17. The lowest BCUT2D eigenvalue weighted by molar-refractivity contribution is 0.102. The molecule has 0 atom stereocenters. The van der Waals surface area contributed by atoms with Crippen LogP contribution in [0.1, 0.15) is 34.1 Å². The van der Waals surface area contributed by atoms with E-state index in [1.54, 1.807) is 37.4 Å². The fourth-order valence-electron chi connectivity index (χ4n) is 3.70. The Bertz CT molecular complexity index is 1440. The molecule has 0 saturated heterocycles. The number of methoxy groups -OCH3 is 2. The smallest absolute Gasteiger partial charge is 0.261 e. The molecule has 8 nitrogen and oxygen atoms in total. The lowest BCUT2D eigenvalue weighted by atomic mass is 10.1. The monoisotopic (exact) mass is 473 g/mol. The van der Waals surface area contributed by atoms with E-state index < -0.39 is 5.91 Å². The highest BCUT2D eigenvalue weighted by Gasteiger charge is 2.17. The maximum Gasteiger partial charge on any atom is 0.261 e. The summed E-state index contributed by atoms with van der Waals surface area (Å²) in [6.45, 7) is 3.62. The first-order chi connectivity index (χ1) is 16.9. The average Bonchev–Trinajstić information content (AvgIpc) is 2.88. The van der Waals surface area contributed by atoms with E-state index in [4.69, 9.17) is 13.9 Å². The number of carbonyl (C=O) groups excluding carboxylic acids is 1. The van der Waals surface area contributed by atoms with Gasteiger partial charge in [0.25, 0.3) is 5.91 Å². The third-order valence-electron chi connectivity index (χ3n) is 5.62. The quantitative estimate of drug-likeness (QED) is 0.403. The number of nitrogens with one attached hydrogen (secondary N) is 1. The highest BCUT2D eigenvalue weighted by atomic mass is 16.5. The van der Waals surface area contributed by atoms with Crippen LogP contribution in [0, 0.1) is 6.92 Å². The van der Waals surface area contributed by atoms with Crippen LogP contribution in [0.15, 0.2) is 64.1 Å². The number of anilines is 1. The number of fused-ring (bicyclic) bond motifs is 1. The molecule has 2 aromatic heterocycles. The number of ether oxygens (including phenoxy) is 2. The van der Waals surface area contributed by atoms with E-state index in [1.165, 1.54) is 14.2 Å². The van der Waals surface area contributed by atoms with Crippen molar-refractivity contribution in [1.82, 2.24) is 4.98 Å². The molecule has 0 aliphatic carbocycles. The minimum atomic E-state index is -0.435. The van der Waals surface area contributed by atoms with Crippen molar-refractivity contribution < 1.29 is 23.8 Å². The molecule has 2 N–H and O–H groups in total. The molecule has 2 heterocycles. The zero-order chi connectivity index (χ0) is 24.9. The van der Waals surface area contributed by atoms with Crippen LogP contribution in [0.3, 0.4) is 0 Å². The number of rotatable bonds is 7. The van der Waals surface area contributed by atoms with Gasteiger partial charge in [0.05, 0.1) is 32.2 Å². The van der Waals surface area contributed by atoms with Crippen molar-refractivity contribution in [3.05, 3.63) is 82.7 Å². The van der Waals surface area contributed by atoms with Crippen LogP contribution < -0.4 is 20.3 Å². The molecule has 180 valence electrons. The van der Waals surface area contributed by atoms with Gasteiger partial charge in [0, 0.05) is 41.0 Å². The van der Waals surface area contributed by atoms with Gasteiger partial charge in [0.1, 0.15) is 17.1 Å². The Kier molecular flexibility index (Phi) is 7.12. The summed E-state index contributed by atoms with van der Waals surface area (Å²) < 4.78 is 16.8. The van der Waals surface area contributed by atoms with Gasteiger partial charge >= 0.3 is 0 Å². The van der Waals surface area contributed by atoms with Gasteiger partial charge in [0.2, 0.25) is 5.55 Å². The van der Waals surface area contributed by atoms with E-state index in [-0.39, 0.29) is 17.7 Å². The molecule has 0 bridgehead atoms. The number of aliphatic hydroxyl groups excluding tert-OH is 1. The van der Waals surface area contributed by atoms with E-state index in [2.05, 4.69) is 22.2 Å². The van der Waals surface area contributed by atoms with Crippen LogP contribution in [0.4, 0.5) is 11.4 Å². The summed E-state index contributed by atoms with van der Waals surface area (Å²) in [5, 5.41) is 13.3. The van der Waals surface area contributed by atoms with Gasteiger partial charge in [-0.2, -0.15) is 0 Å². The van der Waals surface area contributed by atoms with E-state index in [1.807, 2.05) is 24.3 Å². The van der Waals surface area contributed by atoms with Crippen LogP contribution in [0.5, 0.6) is 11.5 Å². The predicted octanol–water partition coefficient (Wildman–Crippen LogP) is 4.69. The normalized spacial score (nSPS) is 11.5. The fraction of sp³-hybridized carbons (Fsp3) is 0.222. The Morgan fingerprint density at radius 2 is 1.86 bits per heavy atom. The zero-order valence-electron chi connectivity index (χ0n) is 20.1. The molecule has 0 radical (unpaired) electrons. The lowest BCUT2D eigenvalue weighted by Gasteiger charge is -2.12. The molecule has 0 saturated carbocycles. The molecule has 4 rings (SSSR count). The molecule has 4 aromatic rings. The van der Waals surface area contributed by atoms with Crippen molar-refractivity contribution in [2.24, 2.45) is 4.99 Å². The largest absolute Gasteiger partial charge is 0.497 e.